The van der Waals surface area contributed by atoms with Gasteiger partial charge in [-0.2, -0.15) is 0 Å². The molecule has 1 aliphatic heterocycles. The van der Waals surface area contributed by atoms with Crippen LogP contribution in [0.2, 0.25) is 0 Å². The Kier molecular flexibility index (Phi) is 4.37. The molecule has 1 fully saturated rings. The first-order valence-electron chi connectivity index (χ1n) is 8.46. The van der Waals surface area contributed by atoms with Gasteiger partial charge in [-0.15, -0.1) is 0 Å². The maximum absolute atomic E-state index is 12.0. The molecule has 0 amide bonds. The molecule has 0 aliphatic carbocycles. The van der Waals surface area contributed by atoms with Crippen molar-refractivity contribution in [2.45, 2.75) is 0 Å². The molecule has 26 heavy (non-hydrogen) atoms. The van der Waals surface area contributed by atoms with Gasteiger partial charge in [0, 0.05) is 18.8 Å². The molecule has 1 saturated heterocycles. The average Bonchev–Trinajstić information content (AvgIpc) is 2.68. The number of nitrogens with zero attached hydrogens (tertiary/aromatic N) is 3. The second kappa shape index (κ2) is 6.97. The van der Waals surface area contributed by atoms with Crippen molar-refractivity contribution in [3.63, 3.8) is 0 Å². The summed E-state index contributed by atoms with van der Waals surface area (Å²) in [6, 6.07) is 16.7. The van der Waals surface area contributed by atoms with Gasteiger partial charge < -0.3 is 15.0 Å². The number of para-hydroxylation sites is 2. The molecule has 2 aromatic carbocycles. The standard InChI is InChI=1S/C19H18N4O3/c24-23(25)17-15-8-4-5-9-16(15)21-19(20-14-6-2-1-3-7-14)18(17)22-10-12-26-13-11-22/h1-9H,10-13H2,(H,20,21). The van der Waals surface area contributed by atoms with Gasteiger partial charge in [-0.05, 0) is 24.3 Å². The number of aromatic nitrogens is 1. The number of pyridine rings is 1. The Bertz CT molecular complexity index is 940. The Labute approximate surface area is 150 Å². The van der Waals surface area contributed by atoms with Crippen LogP contribution < -0.4 is 10.2 Å². The number of anilines is 3. The summed E-state index contributed by atoms with van der Waals surface area (Å²) in [5.41, 5.74) is 2.02. The first-order valence-corrected chi connectivity index (χ1v) is 8.46. The minimum Gasteiger partial charge on any atom is -0.378 e. The van der Waals surface area contributed by atoms with E-state index in [9.17, 15) is 10.1 Å². The lowest BCUT2D eigenvalue weighted by molar-refractivity contribution is -0.382. The number of nitro groups is 1. The number of fused-ring (bicyclic) bond motifs is 1. The van der Waals surface area contributed by atoms with Crippen LogP contribution in [0.25, 0.3) is 10.9 Å². The minimum absolute atomic E-state index is 0.0796. The molecule has 132 valence electrons. The highest BCUT2D eigenvalue weighted by atomic mass is 16.6. The lowest BCUT2D eigenvalue weighted by Crippen LogP contribution is -2.37. The van der Waals surface area contributed by atoms with Crippen LogP contribution in [0.5, 0.6) is 0 Å². The second-order valence-electron chi connectivity index (χ2n) is 6.02. The van der Waals surface area contributed by atoms with Crippen molar-refractivity contribution in [2.24, 2.45) is 0 Å². The van der Waals surface area contributed by atoms with Gasteiger partial charge in [0.15, 0.2) is 11.5 Å². The summed E-state index contributed by atoms with van der Waals surface area (Å²) in [5, 5.41) is 15.8. The summed E-state index contributed by atoms with van der Waals surface area (Å²) >= 11 is 0. The van der Waals surface area contributed by atoms with Crippen LogP contribution in [-0.4, -0.2) is 36.2 Å². The molecule has 7 nitrogen and oxygen atoms in total. The van der Waals surface area contributed by atoms with Crippen LogP contribution >= 0.6 is 0 Å². The van der Waals surface area contributed by atoms with Crippen molar-refractivity contribution in [3.05, 3.63) is 64.7 Å². The van der Waals surface area contributed by atoms with Gasteiger partial charge in [-0.1, -0.05) is 30.3 Å². The topological polar surface area (TPSA) is 80.5 Å². The summed E-state index contributed by atoms with van der Waals surface area (Å²) < 4.78 is 5.41. The molecule has 1 aromatic heterocycles. The molecule has 0 atom stereocenters. The third-order valence-corrected chi connectivity index (χ3v) is 4.39. The van der Waals surface area contributed by atoms with Crippen LogP contribution in [0.1, 0.15) is 0 Å². The van der Waals surface area contributed by atoms with E-state index in [0.717, 1.165) is 5.69 Å². The molecule has 0 radical (unpaired) electrons. The smallest absolute Gasteiger partial charge is 0.305 e. The Morgan fingerprint density at radius 3 is 2.46 bits per heavy atom. The second-order valence-corrected chi connectivity index (χ2v) is 6.02. The number of hydrogen-bond acceptors (Lipinski definition) is 6. The van der Waals surface area contributed by atoms with E-state index in [1.165, 1.54) is 0 Å². The van der Waals surface area contributed by atoms with Gasteiger partial charge >= 0.3 is 5.69 Å². The molecule has 0 bridgehead atoms. The van der Waals surface area contributed by atoms with E-state index < -0.39 is 0 Å². The maximum Gasteiger partial charge on any atom is 0.305 e. The summed E-state index contributed by atoms with van der Waals surface area (Å²) in [6.45, 7) is 2.25. The van der Waals surface area contributed by atoms with Crippen molar-refractivity contribution in [2.75, 3.05) is 36.5 Å². The number of hydrogen-bond donors (Lipinski definition) is 1. The molecule has 7 heteroatoms. The van der Waals surface area contributed by atoms with Crippen LogP contribution in [0.15, 0.2) is 54.6 Å². The van der Waals surface area contributed by atoms with E-state index >= 15 is 0 Å². The minimum atomic E-state index is -0.315. The normalized spacial score (nSPS) is 14.4. The highest BCUT2D eigenvalue weighted by Crippen LogP contribution is 2.41. The predicted octanol–water partition coefficient (Wildman–Crippen LogP) is 3.72. The Morgan fingerprint density at radius 1 is 1.04 bits per heavy atom. The zero-order valence-electron chi connectivity index (χ0n) is 14.1. The van der Waals surface area contributed by atoms with E-state index in [0.29, 0.717) is 48.7 Å². The van der Waals surface area contributed by atoms with Gasteiger partial charge in [0.1, 0.15) is 0 Å². The fourth-order valence-electron chi connectivity index (χ4n) is 3.20. The lowest BCUT2D eigenvalue weighted by atomic mass is 10.1. The van der Waals surface area contributed by atoms with E-state index in [1.54, 1.807) is 18.2 Å². The SMILES string of the molecule is O=[N+]([O-])c1c(N2CCOCC2)c(Nc2ccccc2)nc2ccccc12. The van der Waals surface area contributed by atoms with Crippen LogP contribution in [-0.2, 0) is 4.74 Å². The molecule has 1 aliphatic rings. The van der Waals surface area contributed by atoms with Crippen molar-refractivity contribution in [1.82, 2.24) is 4.98 Å². The summed E-state index contributed by atoms with van der Waals surface area (Å²) in [4.78, 5) is 18.3. The third-order valence-electron chi connectivity index (χ3n) is 4.39. The van der Waals surface area contributed by atoms with E-state index in [1.807, 2.05) is 41.3 Å². The molecular weight excluding hydrogens is 332 g/mol. The average molecular weight is 350 g/mol. The van der Waals surface area contributed by atoms with E-state index in [2.05, 4.69) is 5.32 Å². The predicted molar refractivity (Wildman–Crippen MR) is 101 cm³/mol. The lowest BCUT2D eigenvalue weighted by Gasteiger charge is -2.30. The summed E-state index contributed by atoms with van der Waals surface area (Å²) in [6.07, 6.45) is 0. The fraction of sp³-hybridized carbons (Fsp3) is 0.211. The Balaban J connectivity index is 1.94. The monoisotopic (exact) mass is 350 g/mol. The van der Waals surface area contributed by atoms with Crippen molar-refractivity contribution >= 4 is 33.8 Å². The molecular formula is C19H18N4O3. The Morgan fingerprint density at radius 2 is 1.73 bits per heavy atom. The van der Waals surface area contributed by atoms with Gasteiger partial charge in [-0.25, -0.2) is 4.98 Å². The number of benzene rings is 2. The molecule has 4 rings (SSSR count). The van der Waals surface area contributed by atoms with Gasteiger partial charge in [0.05, 0.1) is 29.0 Å². The van der Waals surface area contributed by atoms with E-state index in [-0.39, 0.29) is 10.6 Å². The molecule has 3 aromatic rings. The number of nitrogens with one attached hydrogen (secondary N) is 1. The molecule has 2 heterocycles. The van der Waals surface area contributed by atoms with Crippen molar-refractivity contribution < 1.29 is 9.66 Å². The highest BCUT2D eigenvalue weighted by molar-refractivity contribution is 5.99. The van der Waals surface area contributed by atoms with E-state index in [4.69, 9.17) is 9.72 Å². The molecule has 0 saturated carbocycles. The summed E-state index contributed by atoms with van der Waals surface area (Å²) in [5.74, 6) is 0.489. The van der Waals surface area contributed by atoms with Gasteiger partial charge in [0.2, 0.25) is 0 Å². The molecule has 1 N–H and O–H groups in total. The quantitative estimate of drug-likeness (QED) is 0.570. The van der Waals surface area contributed by atoms with Crippen LogP contribution in [0.4, 0.5) is 22.9 Å². The van der Waals surface area contributed by atoms with Gasteiger partial charge in [0.25, 0.3) is 0 Å². The first-order chi connectivity index (χ1) is 12.7. The summed E-state index contributed by atoms with van der Waals surface area (Å²) in [7, 11) is 0. The van der Waals surface area contributed by atoms with Crippen molar-refractivity contribution in [1.29, 1.82) is 0 Å². The largest absolute Gasteiger partial charge is 0.378 e. The number of morpholine rings is 1. The maximum atomic E-state index is 12.0. The zero-order valence-corrected chi connectivity index (χ0v) is 14.1. The number of ether oxygens (including phenoxy) is 1. The zero-order chi connectivity index (χ0) is 17.9. The third kappa shape index (κ3) is 3.04. The van der Waals surface area contributed by atoms with Gasteiger partial charge in [-0.3, -0.25) is 10.1 Å². The Hall–Kier alpha value is -3.19. The van der Waals surface area contributed by atoms with Crippen molar-refractivity contribution in [3.8, 4) is 0 Å². The molecule has 0 unspecified atom stereocenters. The van der Waals surface area contributed by atoms with Crippen LogP contribution in [0.3, 0.4) is 0 Å². The van der Waals surface area contributed by atoms with Crippen LogP contribution in [0, 0.1) is 10.1 Å². The highest BCUT2D eigenvalue weighted by Gasteiger charge is 2.29. The first kappa shape index (κ1) is 16.3. The fourth-order valence-corrected chi connectivity index (χ4v) is 3.20. The number of rotatable bonds is 4. The molecule has 0 spiro atoms.